The highest BCUT2D eigenvalue weighted by molar-refractivity contribution is 7.91. The van der Waals surface area contributed by atoms with Crippen LogP contribution in [0.5, 0.6) is 0 Å². The van der Waals surface area contributed by atoms with Crippen LogP contribution in [0, 0.1) is 0 Å². The number of halogens is 4. The van der Waals surface area contributed by atoms with Crippen molar-refractivity contribution in [2.75, 3.05) is 5.75 Å². The first-order valence-corrected chi connectivity index (χ1v) is 13.8. The summed E-state index contributed by atoms with van der Waals surface area (Å²) < 4.78 is 67.3. The lowest BCUT2D eigenvalue weighted by Gasteiger charge is -2.14. The molecule has 10 heteroatoms. The summed E-state index contributed by atoms with van der Waals surface area (Å²) in [6.07, 6.45) is -3.15. The predicted octanol–water partition coefficient (Wildman–Crippen LogP) is 6.82. The van der Waals surface area contributed by atoms with Gasteiger partial charge in [0.1, 0.15) is 11.4 Å². The van der Waals surface area contributed by atoms with E-state index < -0.39 is 27.2 Å². The quantitative estimate of drug-likeness (QED) is 0.268. The molecule has 0 aliphatic carbocycles. The Hall–Kier alpha value is -3.14. The summed E-state index contributed by atoms with van der Waals surface area (Å²) in [7, 11) is -3.37. The van der Waals surface area contributed by atoms with Gasteiger partial charge in [0.15, 0.2) is 9.84 Å². The fourth-order valence-corrected chi connectivity index (χ4v) is 5.19. The molecule has 4 rings (SSSR count). The first-order valence-electron chi connectivity index (χ1n) is 11.8. The molecule has 0 saturated heterocycles. The number of imidazole rings is 1. The maximum absolute atomic E-state index is 13.7. The molecule has 0 atom stereocenters. The average Bonchev–Trinajstić information content (AvgIpc) is 3.28. The zero-order valence-corrected chi connectivity index (χ0v) is 22.5. The largest absolute Gasteiger partial charge is 0.416 e. The number of hydrogen-bond acceptors (Lipinski definition) is 4. The third-order valence-electron chi connectivity index (χ3n) is 6.18. The van der Waals surface area contributed by atoms with Gasteiger partial charge in [-0.3, -0.25) is 0 Å². The molecule has 0 amide bonds. The van der Waals surface area contributed by atoms with Crippen molar-refractivity contribution in [3.63, 3.8) is 0 Å². The number of nitrogens with zero attached hydrogens (tertiary/aromatic N) is 2. The van der Waals surface area contributed by atoms with E-state index in [1.807, 2.05) is 0 Å². The number of alkyl halides is 3. The Morgan fingerprint density at radius 2 is 1.66 bits per heavy atom. The standard InChI is InChI=1S/C28H26ClF3N2O3S/c1-4-38(36,37)23-7-5-6-19(15-23)18-8-11-22(12-9-18)34-17-25(27(2,3)35)33-26(34)16-20-14-21(29)10-13-24(20)28(30,31)32/h5-15,17,35H,4,16H2,1-3H3. The summed E-state index contributed by atoms with van der Waals surface area (Å²) in [5.41, 5.74) is 0.211. The van der Waals surface area contributed by atoms with Crippen LogP contribution in [0.15, 0.2) is 77.8 Å². The Balaban J connectivity index is 1.76. The van der Waals surface area contributed by atoms with E-state index in [1.54, 1.807) is 80.1 Å². The van der Waals surface area contributed by atoms with E-state index in [0.29, 0.717) is 22.8 Å². The van der Waals surface area contributed by atoms with Crippen molar-refractivity contribution >= 4 is 21.4 Å². The second-order valence-electron chi connectivity index (χ2n) is 9.43. The Morgan fingerprint density at radius 3 is 2.26 bits per heavy atom. The van der Waals surface area contributed by atoms with Gasteiger partial charge in [-0.05, 0) is 73.0 Å². The van der Waals surface area contributed by atoms with Gasteiger partial charge in [0.2, 0.25) is 0 Å². The van der Waals surface area contributed by atoms with Crippen LogP contribution in [-0.4, -0.2) is 28.8 Å². The van der Waals surface area contributed by atoms with E-state index in [-0.39, 0.29) is 27.7 Å². The maximum Gasteiger partial charge on any atom is 0.416 e. The van der Waals surface area contributed by atoms with Crippen molar-refractivity contribution in [2.24, 2.45) is 0 Å². The van der Waals surface area contributed by atoms with Crippen LogP contribution in [0.1, 0.15) is 43.4 Å². The Bertz CT molecular complexity index is 1570. The van der Waals surface area contributed by atoms with E-state index >= 15 is 0 Å². The first kappa shape index (κ1) is 27.9. The van der Waals surface area contributed by atoms with E-state index in [2.05, 4.69) is 4.98 Å². The molecule has 4 aromatic rings. The van der Waals surface area contributed by atoms with Gasteiger partial charge in [-0.2, -0.15) is 13.2 Å². The number of benzene rings is 3. The zero-order chi connectivity index (χ0) is 27.9. The average molecular weight is 563 g/mol. The van der Waals surface area contributed by atoms with Gasteiger partial charge in [0.05, 0.1) is 21.9 Å². The lowest BCUT2D eigenvalue weighted by molar-refractivity contribution is -0.138. The van der Waals surface area contributed by atoms with Crippen LogP contribution >= 0.6 is 11.6 Å². The molecule has 0 aliphatic heterocycles. The molecule has 0 radical (unpaired) electrons. The van der Waals surface area contributed by atoms with Crippen LogP contribution < -0.4 is 0 Å². The minimum Gasteiger partial charge on any atom is -0.384 e. The predicted molar refractivity (Wildman–Crippen MR) is 141 cm³/mol. The summed E-state index contributed by atoms with van der Waals surface area (Å²) in [6.45, 7) is 4.68. The molecule has 38 heavy (non-hydrogen) atoms. The molecule has 3 aromatic carbocycles. The molecule has 0 spiro atoms. The minimum atomic E-state index is -4.57. The topological polar surface area (TPSA) is 72.2 Å². The van der Waals surface area contributed by atoms with Gasteiger partial charge in [0.25, 0.3) is 0 Å². The molecule has 0 aliphatic rings. The highest BCUT2D eigenvalue weighted by Crippen LogP contribution is 2.35. The highest BCUT2D eigenvalue weighted by atomic mass is 35.5. The Labute approximate surface area is 224 Å². The summed E-state index contributed by atoms with van der Waals surface area (Å²) >= 11 is 6.02. The van der Waals surface area contributed by atoms with Gasteiger partial charge in [-0.1, -0.05) is 42.8 Å². The molecule has 0 saturated carbocycles. The summed E-state index contributed by atoms with van der Waals surface area (Å²) in [5, 5.41) is 10.7. The van der Waals surface area contributed by atoms with Crippen LogP contribution in [0.3, 0.4) is 0 Å². The van der Waals surface area contributed by atoms with Gasteiger partial charge in [-0.15, -0.1) is 0 Å². The number of aromatic nitrogens is 2. The monoisotopic (exact) mass is 562 g/mol. The van der Waals surface area contributed by atoms with E-state index in [9.17, 15) is 26.7 Å². The molecule has 0 unspecified atom stereocenters. The van der Waals surface area contributed by atoms with Crippen molar-refractivity contribution < 1.29 is 26.7 Å². The highest BCUT2D eigenvalue weighted by Gasteiger charge is 2.34. The fourth-order valence-electron chi connectivity index (χ4n) is 4.07. The van der Waals surface area contributed by atoms with Gasteiger partial charge in [0, 0.05) is 23.3 Å². The number of hydrogen-bond donors (Lipinski definition) is 1. The van der Waals surface area contributed by atoms with Crippen molar-refractivity contribution in [3.05, 3.63) is 101 Å². The molecule has 5 nitrogen and oxygen atoms in total. The molecule has 1 N–H and O–H groups in total. The summed E-state index contributed by atoms with van der Waals surface area (Å²) in [6, 6.07) is 17.2. The van der Waals surface area contributed by atoms with Crippen LogP contribution in [-0.2, 0) is 28.0 Å². The smallest absolute Gasteiger partial charge is 0.384 e. The van der Waals surface area contributed by atoms with Crippen LogP contribution in [0.25, 0.3) is 16.8 Å². The Kier molecular flexibility index (Phi) is 7.49. The number of rotatable bonds is 7. The molecule has 1 heterocycles. The third kappa shape index (κ3) is 5.95. The molecule has 0 fully saturated rings. The van der Waals surface area contributed by atoms with Gasteiger partial charge < -0.3 is 9.67 Å². The van der Waals surface area contributed by atoms with Crippen molar-refractivity contribution in [2.45, 2.75) is 43.9 Å². The van der Waals surface area contributed by atoms with Crippen molar-refractivity contribution in [3.8, 4) is 16.8 Å². The zero-order valence-electron chi connectivity index (χ0n) is 20.9. The van der Waals surface area contributed by atoms with Crippen LogP contribution in [0.4, 0.5) is 13.2 Å². The summed E-state index contributed by atoms with van der Waals surface area (Å²) in [4.78, 5) is 4.70. The van der Waals surface area contributed by atoms with Crippen LogP contribution in [0.2, 0.25) is 5.02 Å². The van der Waals surface area contributed by atoms with E-state index in [1.165, 1.54) is 12.1 Å². The second-order valence-corrected chi connectivity index (χ2v) is 12.1. The summed E-state index contributed by atoms with van der Waals surface area (Å²) in [5.74, 6) is 0.282. The molecular weight excluding hydrogens is 537 g/mol. The Morgan fingerprint density at radius 1 is 0.974 bits per heavy atom. The van der Waals surface area contributed by atoms with Gasteiger partial charge >= 0.3 is 6.18 Å². The fraction of sp³-hybridized carbons (Fsp3) is 0.250. The van der Waals surface area contributed by atoms with E-state index in [0.717, 1.165) is 11.6 Å². The maximum atomic E-state index is 13.7. The van der Waals surface area contributed by atoms with Gasteiger partial charge in [-0.25, -0.2) is 13.4 Å². The molecule has 0 bridgehead atoms. The lowest BCUT2D eigenvalue weighted by Crippen LogP contribution is -2.16. The SMILES string of the molecule is CCS(=O)(=O)c1cccc(-c2ccc(-n3cc(C(C)(C)O)nc3Cc3cc(Cl)ccc3C(F)(F)F)cc2)c1. The molecular formula is C28H26ClF3N2O3S. The number of aliphatic hydroxyl groups is 1. The second kappa shape index (κ2) is 10.2. The third-order valence-corrected chi connectivity index (χ3v) is 8.15. The van der Waals surface area contributed by atoms with Crippen molar-refractivity contribution in [1.82, 2.24) is 9.55 Å². The van der Waals surface area contributed by atoms with E-state index in [4.69, 9.17) is 11.6 Å². The number of sulfone groups is 1. The molecule has 200 valence electrons. The first-order chi connectivity index (χ1) is 17.7. The minimum absolute atomic E-state index is 0.00891. The lowest BCUT2D eigenvalue weighted by atomic mass is 10.0. The van der Waals surface area contributed by atoms with Crippen molar-refractivity contribution in [1.29, 1.82) is 0 Å². The molecule has 1 aromatic heterocycles. The normalized spacial score (nSPS) is 12.6.